The SMILES string of the molecule is Cc1ccc(OCC(O)CN2CCN(C3CC3)CC2)c(C)c1. The zero-order valence-electron chi connectivity index (χ0n) is 13.8. The van der Waals surface area contributed by atoms with Crippen LogP contribution in [0.5, 0.6) is 5.75 Å². The standard InChI is InChI=1S/C18H28N2O2/c1-14-3-6-18(15(2)11-14)22-13-17(21)12-19-7-9-20(10-8-19)16-4-5-16/h3,6,11,16-17,21H,4-5,7-10,12-13H2,1-2H3. The summed E-state index contributed by atoms with van der Waals surface area (Å²) in [5.74, 6) is 0.878. The van der Waals surface area contributed by atoms with E-state index >= 15 is 0 Å². The van der Waals surface area contributed by atoms with Gasteiger partial charge in [-0.3, -0.25) is 9.80 Å². The highest BCUT2D eigenvalue weighted by Gasteiger charge is 2.31. The molecule has 1 aliphatic heterocycles. The Morgan fingerprint density at radius 2 is 1.91 bits per heavy atom. The van der Waals surface area contributed by atoms with Gasteiger partial charge in [0.05, 0.1) is 0 Å². The molecule has 22 heavy (non-hydrogen) atoms. The van der Waals surface area contributed by atoms with Gasteiger partial charge >= 0.3 is 0 Å². The van der Waals surface area contributed by atoms with E-state index in [4.69, 9.17) is 4.74 Å². The summed E-state index contributed by atoms with van der Waals surface area (Å²) in [5, 5.41) is 10.2. The molecule has 1 unspecified atom stereocenters. The predicted octanol–water partition coefficient (Wildman–Crippen LogP) is 1.82. The minimum absolute atomic E-state index is 0.368. The quantitative estimate of drug-likeness (QED) is 0.870. The minimum atomic E-state index is -0.423. The molecule has 1 N–H and O–H groups in total. The Bertz CT molecular complexity index is 494. The fourth-order valence-electron chi connectivity index (χ4n) is 3.25. The molecule has 1 aliphatic carbocycles. The Kier molecular flexibility index (Phi) is 5.01. The second kappa shape index (κ2) is 6.99. The number of aryl methyl sites for hydroxylation is 2. The van der Waals surface area contributed by atoms with Crippen molar-refractivity contribution in [3.05, 3.63) is 29.3 Å². The van der Waals surface area contributed by atoms with E-state index in [0.717, 1.165) is 43.5 Å². The number of ether oxygens (including phenoxy) is 1. The van der Waals surface area contributed by atoms with Crippen LogP contribution in [0.3, 0.4) is 0 Å². The number of β-amino-alcohol motifs (C(OH)–C–C–N with tert-alkyl or cyclic N) is 1. The molecule has 1 aromatic carbocycles. The van der Waals surface area contributed by atoms with Crippen LogP contribution >= 0.6 is 0 Å². The summed E-state index contributed by atoms with van der Waals surface area (Å²) < 4.78 is 5.78. The molecule has 0 radical (unpaired) electrons. The maximum absolute atomic E-state index is 10.2. The second-order valence-corrected chi connectivity index (χ2v) is 6.80. The first-order valence-electron chi connectivity index (χ1n) is 8.46. The molecule has 1 aromatic rings. The Hall–Kier alpha value is -1.10. The average Bonchev–Trinajstić information content (AvgIpc) is 3.32. The van der Waals surface area contributed by atoms with E-state index in [-0.39, 0.29) is 0 Å². The largest absolute Gasteiger partial charge is 0.491 e. The summed E-state index contributed by atoms with van der Waals surface area (Å²) in [6.45, 7) is 9.63. The number of rotatable bonds is 6. The van der Waals surface area contributed by atoms with Crippen molar-refractivity contribution in [2.24, 2.45) is 0 Å². The van der Waals surface area contributed by atoms with Gasteiger partial charge in [-0.1, -0.05) is 17.7 Å². The summed E-state index contributed by atoms with van der Waals surface area (Å²) in [6, 6.07) is 7.01. The third-order valence-electron chi connectivity index (χ3n) is 4.70. The number of nitrogens with zero attached hydrogens (tertiary/aromatic N) is 2. The highest BCUT2D eigenvalue weighted by molar-refractivity contribution is 5.35. The predicted molar refractivity (Wildman–Crippen MR) is 88.5 cm³/mol. The van der Waals surface area contributed by atoms with Crippen LogP contribution in [0.15, 0.2) is 18.2 Å². The molecule has 3 rings (SSSR count). The number of hydrogen-bond donors (Lipinski definition) is 1. The van der Waals surface area contributed by atoms with E-state index in [0.29, 0.717) is 13.2 Å². The molecule has 4 heteroatoms. The first kappa shape index (κ1) is 15.8. The summed E-state index contributed by atoms with van der Waals surface area (Å²) in [4.78, 5) is 4.95. The molecular weight excluding hydrogens is 276 g/mol. The lowest BCUT2D eigenvalue weighted by atomic mass is 10.1. The van der Waals surface area contributed by atoms with Crippen LogP contribution in [-0.2, 0) is 0 Å². The van der Waals surface area contributed by atoms with E-state index < -0.39 is 6.10 Å². The third-order valence-corrected chi connectivity index (χ3v) is 4.70. The van der Waals surface area contributed by atoms with E-state index in [2.05, 4.69) is 22.8 Å². The van der Waals surface area contributed by atoms with Crippen molar-refractivity contribution in [1.82, 2.24) is 9.80 Å². The van der Waals surface area contributed by atoms with Crippen LogP contribution in [-0.4, -0.2) is 66.4 Å². The number of benzene rings is 1. The van der Waals surface area contributed by atoms with E-state index in [1.807, 2.05) is 19.1 Å². The molecule has 0 amide bonds. The maximum Gasteiger partial charge on any atom is 0.122 e. The molecule has 1 heterocycles. The van der Waals surface area contributed by atoms with Crippen LogP contribution < -0.4 is 4.74 Å². The lowest BCUT2D eigenvalue weighted by molar-refractivity contribution is 0.0444. The fourth-order valence-corrected chi connectivity index (χ4v) is 3.25. The molecule has 2 fully saturated rings. The van der Waals surface area contributed by atoms with Crippen molar-refractivity contribution in [1.29, 1.82) is 0 Å². The number of piperazine rings is 1. The van der Waals surface area contributed by atoms with Crippen molar-refractivity contribution in [2.75, 3.05) is 39.3 Å². The van der Waals surface area contributed by atoms with E-state index in [1.54, 1.807) is 0 Å². The van der Waals surface area contributed by atoms with E-state index in [1.165, 1.54) is 18.4 Å². The summed E-state index contributed by atoms with van der Waals surface area (Å²) >= 11 is 0. The molecule has 122 valence electrons. The zero-order valence-corrected chi connectivity index (χ0v) is 13.8. The van der Waals surface area contributed by atoms with Gasteiger partial charge in [0.15, 0.2) is 0 Å². The van der Waals surface area contributed by atoms with E-state index in [9.17, 15) is 5.11 Å². The first-order chi connectivity index (χ1) is 10.6. The minimum Gasteiger partial charge on any atom is -0.491 e. The molecule has 1 saturated carbocycles. The Morgan fingerprint density at radius 3 is 2.55 bits per heavy atom. The zero-order chi connectivity index (χ0) is 15.5. The lowest BCUT2D eigenvalue weighted by Crippen LogP contribution is -2.49. The second-order valence-electron chi connectivity index (χ2n) is 6.80. The van der Waals surface area contributed by atoms with Gasteiger partial charge in [0.2, 0.25) is 0 Å². The smallest absolute Gasteiger partial charge is 0.122 e. The van der Waals surface area contributed by atoms with Crippen molar-refractivity contribution >= 4 is 0 Å². The molecule has 2 aliphatic rings. The van der Waals surface area contributed by atoms with Crippen molar-refractivity contribution in [3.8, 4) is 5.75 Å². The van der Waals surface area contributed by atoms with Gasteiger partial charge in [-0.15, -0.1) is 0 Å². The van der Waals surface area contributed by atoms with Crippen molar-refractivity contribution in [2.45, 2.75) is 38.8 Å². The van der Waals surface area contributed by atoms with Crippen LogP contribution in [0, 0.1) is 13.8 Å². The van der Waals surface area contributed by atoms with Gasteiger partial charge in [-0.05, 0) is 38.3 Å². The van der Waals surface area contributed by atoms with Crippen LogP contribution in [0.2, 0.25) is 0 Å². The van der Waals surface area contributed by atoms with Crippen LogP contribution in [0.25, 0.3) is 0 Å². The number of hydrogen-bond acceptors (Lipinski definition) is 4. The normalized spacial score (nSPS) is 21.8. The molecule has 4 nitrogen and oxygen atoms in total. The van der Waals surface area contributed by atoms with Crippen LogP contribution in [0.4, 0.5) is 0 Å². The highest BCUT2D eigenvalue weighted by atomic mass is 16.5. The maximum atomic E-state index is 10.2. The number of aliphatic hydroxyl groups is 1. The number of aliphatic hydroxyl groups excluding tert-OH is 1. The summed E-state index contributed by atoms with van der Waals surface area (Å²) in [7, 11) is 0. The van der Waals surface area contributed by atoms with Gasteiger partial charge in [0, 0.05) is 38.8 Å². The Balaban J connectivity index is 1.39. The molecule has 0 bridgehead atoms. The Morgan fingerprint density at radius 1 is 1.18 bits per heavy atom. The average molecular weight is 304 g/mol. The molecule has 0 aromatic heterocycles. The van der Waals surface area contributed by atoms with Gasteiger partial charge in [0.1, 0.15) is 18.5 Å². The van der Waals surface area contributed by atoms with Gasteiger partial charge in [-0.25, -0.2) is 0 Å². The molecule has 1 atom stereocenters. The van der Waals surface area contributed by atoms with Gasteiger partial charge in [-0.2, -0.15) is 0 Å². The Labute approximate surface area is 133 Å². The summed E-state index contributed by atoms with van der Waals surface area (Å²) in [5.41, 5.74) is 2.36. The van der Waals surface area contributed by atoms with Crippen molar-refractivity contribution < 1.29 is 9.84 Å². The lowest BCUT2D eigenvalue weighted by Gasteiger charge is -2.35. The molecule has 1 saturated heterocycles. The van der Waals surface area contributed by atoms with Gasteiger partial charge in [0.25, 0.3) is 0 Å². The molecule has 0 spiro atoms. The third kappa shape index (κ3) is 4.22. The highest BCUT2D eigenvalue weighted by Crippen LogP contribution is 2.27. The van der Waals surface area contributed by atoms with Crippen LogP contribution in [0.1, 0.15) is 24.0 Å². The topological polar surface area (TPSA) is 35.9 Å². The fraction of sp³-hybridized carbons (Fsp3) is 0.667. The summed E-state index contributed by atoms with van der Waals surface area (Å²) in [6.07, 6.45) is 2.34. The van der Waals surface area contributed by atoms with Crippen molar-refractivity contribution in [3.63, 3.8) is 0 Å². The molecular formula is C18H28N2O2. The monoisotopic (exact) mass is 304 g/mol. The first-order valence-corrected chi connectivity index (χ1v) is 8.46. The van der Waals surface area contributed by atoms with Gasteiger partial charge < -0.3 is 9.84 Å².